The lowest BCUT2D eigenvalue weighted by Crippen LogP contribution is -2.27. The molecular formula is C10H13N5O. The number of nitrogens with zero attached hydrogens (tertiary/aromatic N) is 4. The molecule has 0 radical (unpaired) electrons. The minimum absolute atomic E-state index is 0.114. The molecular weight excluding hydrogens is 206 g/mol. The molecule has 0 aliphatic rings. The average Bonchev–Trinajstić information content (AvgIpc) is 2.88. The predicted molar refractivity (Wildman–Crippen MR) is 57.6 cm³/mol. The average molecular weight is 219 g/mol. The molecule has 1 N–H and O–H groups in total. The molecule has 2 rings (SSSR count). The van der Waals surface area contributed by atoms with Crippen LogP contribution in [0.3, 0.4) is 0 Å². The molecule has 0 saturated carbocycles. The molecule has 0 fully saturated rings. The maximum absolute atomic E-state index is 11.9. The van der Waals surface area contributed by atoms with E-state index in [4.69, 9.17) is 0 Å². The van der Waals surface area contributed by atoms with Gasteiger partial charge in [-0.1, -0.05) is 0 Å². The fourth-order valence-corrected chi connectivity index (χ4v) is 1.40. The summed E-state index contributed by atoms with van der Waals surface area (Å²) in [5, 5.41) is 0. The van der Waals surface area contributed by atoms with Crippen molar-refractivity contribution in [1.29, 1.82) is 0 Å². The Morgan fingerprint density at radius 3 is 2.94 bits per heavy atom. The van der Waals surface area contributed by atoms with E-state index >= 15 is 0 Å². The Kier molecular flexibility index (Phi) is 2.72. The first-order chi connectivity index (χ1) is 7.66. The maximum Gasteiger partial charge on any atom is 0.274 e. The first-order valence-electron chi connectivity index (χ1n) is 4.88. The standard InChI is InChI=1S/C10H13N5O/c1-14-5-8(13-7-14)10(16)15(2)6-9-11-3-4-12-9/h3-5,7H,6H2,1-2H3,(H,11,12). The van der Waals surface area contributed by atoms with Crippen molar-refractivity contribution < 1.29 is 4.79 Å². The first kappa shape index (κ1) is 10.4. The van der Waals surface area contributed by atoms with Crippen LogP contribution in [0.1, 0.15) is 16.3 Å². The van der Waals surface area contributed by atoms with Crippen molar-refractivity contribution in [3.05, 3.63) is 36.4 Å². The number of amides is 1. The molecule has 0 aliphatic carbocycles. The molecule has 0 bridgehead atoms. The number of aromatic amines is 1. The zero-order valence-corrected chi connectivity index (χ0v) is 9.21. The summed E-state index contributed by atoms with van der Waals surface area (Å²) in [5.41, 5.74) is 0.441. The lowest BCUT2D eigenvalue weighted by Gasteiger charge is -2.13. The van der Waals surface area contributed by atoms with E-state index in [-0.39, 0.29) is 5.91 Å². The summed E-state index contributed by atoms with van der Waals surface area (Å²) >= 11 is 0. The molecule has 2 aromatic rings. The molecule has 16 heavy (non-hydrogen) atoms. The van der Waals surface area contributed by atoms with Crippen LogP contribution in [0.15, 0.2) is 24.9 Å². The van der Waals surface area contributed by atoms with Crippen LogP contribution in [0.5, 0.6) is 0 Å². The van der Waals surface area contributed by atoms with Crippen molar-refractivity contribution >= 4 is 5.91 Å². The second-order valence-electron chi connectivity index (χ2n) is 3.62. The molecule has 6 heteroatoms. The van der Waals surface area contributed by atoms with Crippen LogP contribution in [-0.2, 0) is 13.6 Å². The first-order valence-corrected chi connectivity index (χ1v) is 4.88. The van der Waals surface area contributed by atoms with E-state index in [2.05, 4.69) is 15.0 Å². The van der Waals surface area contributed by atoms with E-state index in [1.165, 1.54) is 0 Å². The number of hydrogen-bond donors (Lipinski definition) is 1. The van der Waals surface area contributed by atoms with Gasteiger partial charge in [-0.05, 0) is 0 Å². The van der Waals surface area contributed by atoms with Crippen LogP contribution in [0.2, 0.25) is 0 Å². The van der Waals surface area contributed by atoms with Gasteiger partial charge in [0, 0.05) is 32.7 Å². The Morgan fingerprint density at radius 2 is 2.38 bits per heavy atom. The van der Waals surface area contributed by atoms with Crippen molar-refractivity contribution in [1.82, 2.24) is 24.4 Å². The zero-order chi connectivity index (χ0) is 11.5. The van der Waals surface area contributed by atoms with Gasteiger partial charge in [0.2, 0.25) is 0 Å². The van der Waals surface area contributed by atoms with E-state index < -0.39 is 0 Å². The van der Waals surface area contributed by atoms with Gasteiger partial charge >= 0.3 is 0 Å². The van der Waals surface area contributed by atoms with Gasteiger partial charge in [0.25, 0.3) is 5.91 Å². The number of hydrogen-bond acceptors (Lipinski definition) is 3. The number of carbonyl (C=O) groups excluding carboxylic acids is 1. The van der Waals surface area contributed by atoms with Gasteiger partial charge in [-0.15, -0.1) is 0 Å². The SMILES string of the molecule is CN(Cc1ncc[nH]1)C(=O)c1cn(C)cn1. The summed E-state index contributed by atoms with van der Waals surface area (Å²) in [6.45, 7) is 0.447. The number of aryl methyl sites for hydroxylation is 1. The minimum atomic E-state index is -0.114. The van der Waals surface area contributed by atoms with Gasteiger partial charge < -0.3 is 14.5 Å². The third-order valence-corrected chi connectivity index (χ3v) is 2.21. The Balaban J connectivity index is 2.05. The summed E-state index contributed by atoms with van der Waals surface area (Å²) in [6.07, 6.45) is 6.69. The van der Waals surface area contributed by atoms with Gasteiger partial charge in [0.15, 0.2) is 0 Å². The van der Waals surface area contributed by atoms with Crippen LogP contribution in [-0.4, -0.2) is 37.4 Å². The Labute approximate surface area is 92.9 Å². The van der Waals surface area contributed by atoms with Crippen molar-refractivity contribution in [2.75, 3.05) is 7.05 Å². The highest BCUT2D eigenvalue weighted by Gasteiger charge is 2.14. The number of aromatic nitrogens is 4. The molecule has 2 heterocycles. The topological polar surface area (TPSA) is 66.8 Å². The number of imidazole rings is 2. The Morgan fingerprint density at radius 1 is 1.56 bits per heavy atom. The quantitative estimate of drug-likeness (QED) is 0.813. The van der Waals surface area contributed by atoms with Crippen LogP contribution in [0.4, 0.5) is 0 Å². The second kappa shape index (κ2) is 4.18. The van der Waals surface area contributed by atoms with Crippen LogP contribution in [0.25, 0.3) is 0 Å². The summed E-state index contributed by atoms with van der Waals surface area (Å²) < 4.78 is 1.74. The minimum Gasteiger partial charge on any atom is -0.347 e. The molecule has 84 valence electrons. The molecule has 0 spiro atoms. The molecule has 0 aliphatic heterocycles. The summed E-state index contributed by atoms with van der Waals surface area (Å²) in [5.74, 6) is 0.642. The van der Waals surface area contributed by atoms with Crippen LogP contribution >= 0.6 is 0 Å². The predicted octanol–water partition coefficient (Wildman–Crippen LogP) is 0.415. The monoisotopic (exact) mass is 219 g/mol. The molecule has 2 aromatic heterocycles. The van der Waals surface area contributed by atoms with Crippen molar-refractivity contribution in [2.24, 2.45) is 7.05 Å². The molecule has 0 aromatic carbocycles. The number of H-pyrrole nitrogens is 1. The largest absolute Gasteiger partial charge is 0.347 e. The van der Waals surface area contributed by atoms with E-state index in [9.17, 15) is 4.79 Å². The highest BCUT2D eigenvalue weighted by Crippen LogP contribution is 2.03. The van der Waals surface area contributed by atoms with Gasteiger partial charge in [-0.3, -0.25) is 4.79 Å². The third-order valence-electron chi connectivity index (χ3n) is 2.21. The normalized spacial score (nSPS) is 10.4. The van der Waals surface area contributed by atoms with Gasteiger partial charge in [-0.2, -0.15) is 0 Å². The zero-order valence-electron chi connectivity index (χ0n) is 9.21. The van der Waals surface area contributed by atoms with Crippen LogP contribution in [0, 0.1) is 0 Å². The lowest BCUT2D eigenvalue weighted by molar-refractivity contribution is 0.0776. The summed E-state index contributed by atoms with van der Waals surface area (Å²) in [6, 6.07) is 0. The summed E-state index contributed by atoms with van der Waals surface area (Å²) in [7, 11) is 3.55. The highest BCUT2D eigenvalue weighted by molar-refractivity contribution is 5.91. The smallest absolute Gasteiger partial charge is 0.274 e. The number of rotatable bonds is 3. The maximum atomic E-state index is 11.9. The Bertz CT molecular complexity index is 473. The van der Waals surface area contributed by atoms with E-state index in [0.29, 0.717) is 12.2 Å². The number of carbonyl (C=O) groups is 1. The molecule has 0 atom stereocenters. The van der Waals surface area contributed by atoms with Gasteiger partial charge in [0.05, 0.1) is 12.9 Å². The fourth-order valence-electron chi connectivity index (χ4n) is 1.40. The molecule has 1 amide bonds. The number of nitrogens with one attached hydrogen (secondary N) is 1. The molecule has 6 nitrogen and oxygen atoms in total. The van der Waals surface area contributed by atoms with Crippen molar-refractivity contribution in [3.8, 4) is 0 Å². The fraction of sp³-hybridized carbons (Fsp3) is 0.300. The van der Waals surface area contributed by atoms with E-state index in [0.717, 1.165) is 5.82 Å². The van der Waals surface area contributed by atoms with Crippen molar-refractivity contribution in [3.63, 3.8) is 0 Å². The third kappa shape index (κ3) is 2.10. The molecule has 0 unspecified atom stereocenters. The lowest BCUT2D eigenvalue weighted by atomic mass is 10.4. The van der Waals surface area contributed by atoms with E-state index in [1.807, 2.05) is 7.05 Å². The van der Waals surface area contributed by atoms with Gasteiger partial charge in [0.1, 0.15) is 11.5 Å². The van der Waals surface area contributed by atoms with Crippen LogP contribution < -0.4 is 0 Å². The Hall–Kier alpha value is -2.11. The highest BCUT2D eigenvalue weighted by atomic mass is 16.2. The summed E-state index contributed by atoms with van der Waals surface area (Å²) in [4.78, 5) is 24.5. The van der Waals surface area contributed by atoms with E-state index in [1.54, 1.807) is 41.4 Å². The second-order valence-corrected chi connectivity index (χ2v) is 3.62. The molecule has 0 saturated heterocycles. The van der Waals surface area contributed by atoms with Gasteiger partial charge in [-0.25, -0.2) is 9.97 Å². The van der Waals surface area contributed by atoms with Crippen molar-refractivity contribution in [2.45, 2.75) is 6.54 Å².